The van der Waals surface area contributed by atoms with Crippen molar-refractivity contribution >= 4 is 11.9 Å². The zero-order valence-electron chi connectivity index (χ0n) is 16.2. The quantitative estimate of drug-likeness (QED) is 0.555. The maximum atomic E-state index is 12.7. The number of alkyl carbamates (subject to hydrolysis) is 1. The minimum absolute atomic E-state index is 0.0604. The zero-order valence-corrected chi connectivity index (χ0v) is 16.2. The highest BCUT2D eigenvalue weighted by molar-refractivity contribution is 5.96. The average Bonchev–Trinajstić information content (AvgIpc) is 2.78. The number of carbonyl (C=O) groups is 2. The summed E-state index contributed by atoms with van der Waals surface area (Å²) in [6.45, 7) is 0.161. The molecule has 0 heterocycles. The van der Waals surface area contributed by atoms with Crippen molar-refractivity contribution in [3.8, 4) is 5.75 Å². The second-order valence-corrected chi connectivity index (χ2v) is 6.53. The van der Waals surface area contributed by atoms with E-state index < -0.39 is 12.1 Å². The summed E-state index contributed by atoms with van der Waals surface area (Å²) in [5.74, 6) is 0.642. The molecule has 0 saturated heterocycles. The first-order chi connectivity index (χ1) is 14.2. The lowest BCUT2D eigenvalue weighted by Crippen LogP contribution is -2.30. The molecule has 0 aromatic heterocycles. The maximum Gasteiger partial charge on any atom is 0.407 e. The Kier molecular flexibility index (Phi) is 7.00. The number of ketones is 1. The lowest BCUT2D eigenvalue weighted by atomic mass is 9.98. The van der Waals surface area contributed by atoms with Crippen LogP contribution in [-0.4, -0.2) is 19.0 Å². The third-order valence-electron chi connectivity index (χ3n) is 4.51. The van der Waals surface area contributed by atoms with Gasteiger partial charge in [-0.15, -0.1) is 0 Å². The summed E-state index contributed by atoms with van der Waals surface area (Å²) in [4.78, 5) is 25.1. The number of carbonyl (C=O) groups excluding carboxylic acids is 2. The Morgan fingerprint density at radius 3 is 2.10 bits per heavy atom. The SMILES string of the molecule is COc1ccc(C(CC(=O)c2ccccc2)NC(=O)OCc2ccccc2)cc1. The fraction of sp³-hybridized carbons (Fsp3) is 0.167. The smallest absolute Gasteiger partial charge is 0.407 e. The maximum absolute atomic E-state index is 12.7. The Hall–Kier alpha value is -3.60. The standard InChI is InChI=1S/C24H23NO4/c1-28-21-14-12-19(13-15-21)22(16-23(26)20-10-6-3-7-11-20)25-24(27)29-17-18-8-4-2-5-9-18/h2-15,22H,16-17H2,1H3,(H,25,27). The number of amides is 1. The van der Waals surface area contributed by atoms with Gasteiger partial charge in [-0.3, -0.25) is 4.79 Å². The van der Waals surface area contributed by atoms with Gasteiger partial charge in [-0.25, -0.2) is 4.79 Å². The highest BCUT2D eigenvalue weighted by Crippen LogP contribution is 2.22. The van der Waals surface area contributed by atoms with Gasteiger partial charge in [-0.1, -0.05) is 72.8 Å². The zero-order chi connectivity index (χ0) is 20.5. The Bertz CT molecular complexity index is 924. The second kappa shape index (κ2) is 10.1. The lowest BCUT2D eigenvalue weighted by Gasteiger charge is -2.19. The molecule has 0 aliphatic carbocycles. The molecule has 1 amide bonds. The molecule has 0 aliphatic rings. The number of hydrogen-bond donors (Lipinski definition) is 1. The summed E-state index contributed by atoms with van der Waals surface area (Å²) in [6, 6.07) is 25.2. The van der Waals surface area contributed by atoms with Gasteiger partial charge in [0.25, 0.3) is 0 Å². The van der Waals surface area contributed by atoms with Crippen molar-refractivity contribution in [2.24, 2.45) is 0 Å². The number of benzene rings is 3. The largest absolute Gasteiger partial charge is 0.497 e. The van der Waals surface area contributed by atoms with Crippen LogP contribution < -0.4 is 10.1 Å². The lowest BCUT2D eigenvalue weighted by molar-refractivity contribution is 0.0963. The summed E-state index contributed by atoms with van der Waals surface area (Å²) in [6.07, 6.45) is -0.452. The van der Waals surface area contributed by atoms with Crippen LogP contribution in [0.1, 0.15) is 33.9 Å². The third kappa shape index (κ3) is 5.94. The van der Waals surface area contributed by atoms with E-state index in [4.69, 9.17) is 9.47 Å². The molecule has 0 spiro atoms. The van der Waals surface area contributed by atoms with Crippen molar-refractivity contribution < 1.29 is 19.1 Å². The fourth-order valence-electron chi connectivity index (χ4n) is 2.92. The van der Waals surface area contributed by atoms with Crippen LogP contribution in [0.3, 0.4) is 0 Å². The van der Waals surface area contributed by atoms with Crippen LogP contribution in [0.15, 0.2) is 84.9 Å². The van der Waals surface area contributed by atoms with Gasteiger partial charge in [0.05, 0.1) is 13.2 Å². The molecule has 3 aromatic carbocycles. The highest BCUT2D eigenvalue weighted by atomic mass is 16.5. The van der Waals surface area contributed by atoms with E-state index in [1.165, 1.54) is 0 Å². The average molecular weight is 389 g/mol. The molecule has 3 aromatic rings. The first-order valence-corrected chi connectivity index (χ1v) is 9.35. The van der Waals surface area contributed by atoms with Crippen LogP contribution in [0.2, 0.25) is 0 Å². The summed E-state index contributed by atoms with van der Waals surface area (Å²) in [5, 5.41) is 2.82. The number of rotatable bonds is 8. The minimum Gasteiger partial charge on any atom is -0.497 e. The number of methoxy groups -OCH3 is 1. The van der Waals surface area contributed by atoms with E-state index in [0.29, 0.717) is 11.3 Å². The predicted molar refractivity (Wildman–Crippen MR) is 111 cm³/mol. The van der Waals surface area contributed by atoms with Gasteiger partial charge in [0.15, 0.2) is 5.78 Å². The van der Waals surface area contributed by atoms with E-state index >= 15 is 0 Å². The van der Waals surface area contributed by atoms with Crippen molar-refractivity contribution in [3.63, 3.8) is 0 Å². The van der Waals surface area contributed by atoms with E-state index in [-0.39, 0.29) is 18.8 Å². The van der Waals surface area contributed by atoms with E-state index in [9.17, 15) is 9.59 Å². The Labute approximate surface area is 170 Å². The Morgan fingerprint density at radius 2 is 1.48 bits per heavy atom. The molecule has 148 valence electrons. The van der Waals surface area contributed by atoms with Crippen LogP contribution in [0.25, 0.3) is 0 Å². The molecule has 0 radical (unpaired) electrons. The number of hydrogen-bond acceptors (Lipinski definition) is 4. The minimum atomic E-state index is -0.574. The van der Waals surface area contributed by atoms with Crippen molar-refractivity contribution in [2.45, 2.75) is 19.1 Å². The molecule has 1 atom stereocenters. The summed E-state index contributed by atoms with van der Waals surface area (Å²) < 4.78 is 10.5. The van der Waals surface area contributed by atoms with Gasteiger partial charge in [0.2, 0.25) is 0 Å². The van der Waals surface area contributed by atoms with Crippen LogP contribution in [0.4, 0.5) is 4.79 Å². The molecule has 0 aliphatic heterocycles. The monoisotopic (exact) mass is 389 g/mol. The van der Waals surface area contributed by atoms with Gasteiger partial charge < -0.3 is 14.8 Å². The topological polar surface area (TPSA) is 64.6 Å². The van der Waals surface area contributed by atoms with Crippen molar-refractivity contribution in [3.05, 3.63) is 102 Å². The Balaban J connectivity index is 1.70. The van der Waals surface area contributed by atoms with Crippen molar-refractivity contribution in [1.29, 1.82) is 0 Å². The molecule has 0 bridgehead atoms. The van der Waals surface area contributed by atoms with Crippen molar-refractivity contribution in [2.75, 3.05) is 7.11 Å². The highest BCUT2D eigenvalue weighted by Gasteiger charge is 2.20. The van der Waals surface area contributed by atoms with E-state index in [1.807, 2.05) is 60.7 Å². The van der Waals surface area contributed by atoms with Gasteiger partial charge in [-0.2, -0.15) is 0 Å². The third-order valence-corrected chi connectivity index (χ3v) is 4.51. The molecule has 5 nitrogen and oxygen atoms in total. The van der Waals surface area contributed by atoms with Gasteiger partial charge in [0, 0.05) is 12.0 Å². The van der Waals surface area contributed by atoms with E-state index in [0.717, 1.165) is 11.1 Å². The van der Waals surface area contributed by atoms with Gasteiger partial charge in [-0.05, 0) is 23.3 Å². The van der Waals surface area contributed by atoms with E-state index in [1.54, 1.807) is 31.4 Å². The first kappa shape index (κ1) is 20.1. The number of ether oxygens (including phenoxy) is 2. The number of nitrogens with one attached hydrogen (secondary N) is 1. The summed E-state index contributed by atoms with van der Waals surface area (Å²) >= 11 is 0. The van der Waals surface area contributed by atoms with Crippen LogP contribution in [-0.2, 0) is 11.3 Å². The summed E-state index contributed by atoms with van der Waals surface area (Å²) in [5.41, 5.74) is 2.29. The molecule has 0 fully saturated rings. The van der Waals surface area contributed by atoms with Crippen molar-refractivity contribution in [1.82, 2.24) is 5.32 Å². The molecular weight excluding hydrogens is 366 g/mol. The van der Waals surface area contributed by atoms with Crippen LogP contribution in [0.5, 0.6) is 5.75 Å². The summed E-state index contributed by atoms with van der Waals surface area (Å²) in [7, 11) is 1.59. The van der Waals surface area contributed by atoms with Gasteiger partial charge in [0.1, 0.15) is 12.4 Å². The second-order valence-electron chi connectivity index (χ2n) is 6.53. The molecule has 1 N–H and O–H groups in total. The predicted octanol–water partition coefficient (Wildman–Crippen LogP) is 4.94. The first-order valence-electron chi connectivity index (χ1n) is 9.35. The van der Waals surface area contributed by atoms with E-state index in [2.05, 4.69) is 5.32 Å². The molecule has 29 heavy (non-hydrogen) atoms. The molecular formula is C24H23NO4. The van der Waals surface area contributed by atoms with Crippen LogP contribution >= 0.6 is 0 Å². The Morgan fingerprint density at radius 1 is 0.862 bits per heavy atom. The molecule has 0 saturated carbocycles. The number of Topliss-reactive ketones (excluding diaryl/α,β-unsaturated/α-hetero) is 1. The van der Waals surface area contributed by atoms with Crippen LogP contribution in [0, 0.1) is 0 Å². The molecule has 5 heteroatoms. The normalized spacial score (nSPS) is 11.3. The fourth-order valence-corrected chi connectivity index (χ4v) is 2.92. The molecule has 1 unspecified atom stereocenters. The van der Waals surface area contributed by atoms with Gasteiger partial charge >= 0.3 is 6.09 Å². The molecule has 3 rings (SSSR count).